The van der Waals surface area contributed by atoms with Crippen LogP contribution in [0.2, 0.25) is 0 Å². The van der Waals surface area contributed by atoms with Crippen LogP contribution in [-0.4, -0.2) is 42.9 Å². The van der Waals surface area contributed by atoms with Gasteiger partial charge >= 0.3 is 5.97 Å². The molecule has 1 aromatic rings. The Morgan fingerprint density at radius 1 is 1.29 bits per heavy atom. The van der Waals surface area contributed by atoms with E-state index in [-0.39, 0.29) is 23.9 Å². The van der Waals surface area contributed by atoms with Crippen LogP contribution in [0.1, 0.15) is 27.6 Å². The molecule has 6 nitrogen and oxygen atoms in total. The monoisotopic (exact) mass is 288 g/mol. The van der Waals surface area contributed by atoms with E-state index in [2.05, 4.69) is 11.9 Å². The molecule has 1 heterocycles. The Morgan fingerprint density at radius 3 is 2.62 bits per heavy atom. The molecule has 1 aliphatic heterocycles. The molecule has 0 saturated carbocycles. The van der Waals surface area contributed by atoms with Gasteiger partial charge in [-0.15, -0.1) is 0 Å². The lowest BCUT2D eigenvalue weighted by Crippen LogP contribution is -2.24. The maximum absolute atomic E-state index is 11.9. The topological polar surface area (TPSA) is 75.7 Å². The fourth-order valence-electron chi connectivity index (χ4n) is 1.99. The predicted molar refractivity (Wildman–Crippen MR) is 77.1 cm³/mol. The Balaban J connectivity index is 2.08. The molecule has 0 spiro atoms. The molecule has 0 radical (unpaired) electrons. The van der Waals surface area contributed by atoms with Crippen molar-refractivity contribution in [1.29, 1.82) is 0 Å². The number of ether oxygens (including phenoxy) is 1. The summed E-state index contributed by atoms with van der Waals surface area (Å²) in [7, 11) is 1.44. The number of hydrogen-bond donors (Lipinski definition) is 1. The Labute approximate surface area is 122 Å². The third-order valence-corrected chi connectivity index (χ3v) is 3.16. The third-order valence-electron chi connectivity index (χ3n) is 3.16. The third kappa shape index (κ3) is 2.79. The van der Waals surface area contributed by atoms with Crippen molar-refractivity contribution < 1.29 is 19.1 Å². The lowest BCUT2D eigenvalue weighted by molar-refractivity contribution is -0.138. The number of nitrogens with zero attached hydrogens (tertiary/aromatic N) is 1. The molecule has 2 rings (SSSR count). The fraction of sp³-hybridized carbons (Fsp3) is 0.267. The molecule has 0 bridgehead atoms. The molecule has 0 aliphatic carbocycles. The summed E-state index contributed by atoms with van der Waals surface area (Å²) < 4.78 is 4.83. The molecule has 6 heteroatoms. The van der Waals surface area contributed by atoms with Gasteiger partial charge in [-0.2, -0.15) is 0 Å². The molecule has 110 valence electrons. The van der Waals surface area contributed by atoms with Gasteiger partial charge in [0, 0.05) is 24.9 Å². The standard InChI is InChI=1S/C15H16N2O4/c1-4-21-15(20)9(2)8-16-10-5-6-11-12(7-10)14(19)17(3)13(11)18/h5-7,16H,2,4,8H2,1,3H3. The van der Waals surface area contributed by atoms with Crippen LogP contribution in [-0.2, 0) is 9.53 Å². The average molecular weight is 288 g/mol. The van der Waals surface area contributed by atoms with Gasteiger partial charge in [0.25, 0.3) is 11.8 Å². The van der Waals surface area contributed by atoms with Crippen molar-refractivity contribution >= 4 is 23.5 Å². The highest BCUT2D eigenvalue weighted by molar-refractivity contribution is 6.21. The molecule has 0 saturated heterocycles. The van der Waals surface area contributed by atoms with Crippen molar-refractivity contribution in [3.05, 3.63) is 41.5 Å². The molecule has 0 aromatic heterocycles. The molecular weight excluding hydrogens is 272 g/mol. The lowest BCUT2D eigenvalue weighted by Gasteiger charge is -2.09. The number of benzene rings is 1. The van der Waals surface area contributed by atoms with Crippen LogP contribution in [0.5, 0.6) is 0 Å². The largest absolute Gasteiger partial charge is 0.463 e. The van der Waals surface area contributed by atoms with Crippen molar-refractivity contribution in [3.8, 4) is 0 Å². The molecule has 21 heavy (non-hydrogen) atoms. The summed E-state index contributed by atoms with van der Waals surface area (Å²) in [6.07, 6.45) is 0. The van der Waals surface area contributed by atoms with E-state index in [9.17, 15) is 14.4 Å². The van der Waals surface area contributed by atoms with Gasteiger partial charge < -0.3 is 10.1 Å². The van der Waals surface area contributed by atoms with Gasteiger partial charge in [0.15, 0.2) is 0 Å². The van der Waals surface area contributed by atoms with Crippen LogP contribution in [0.3, 0.4) is 0 Å². The zero-order chi connectivity index (χ0) is 15.6. The van der Waals surface area contributed by atoms with Crippen molar-refractivity contribution in [2.24, 2.45) is 0 Å². The highest BCUT2D eigenvalue weighted by atomic mass is 16.5. The van der Waals surface area contributed by atoms with Crippen molar-refractivity contribution in [3.63, 3.8) is 0 Å². The Hall–Kier alpha value is -2.63. The summed E-state index contributed by atoms with van der Waals surface area (Å²) in [5.74, 6) is -1.10. The number of esters is 1. The summed E-state index contributed by atoms with van der Waals surface area (Å²) in [6.45, 7) is 5.85. The van der Waals surface area contributed by atoms with E-state index in [1.165, 1.54) is 7.05 Å². The van der Waals surface area contributed by atoms with Gasteiger partial charge in [-0.1, -0.05) is 6.58 Å². The zero-order valence-electron chi connectivity index (χ0n) is 11.9. The second-order valence-corrected chi connectivity index (χ2v) is 4.61. The van der Waals surface area contributed by atoms with Gasteiger partial charge in [-0.25, -0.2) is 4.79 Å². The number of nitrogens with one attached hydrogen (secondary N) is 1. The average Bonchev–Trinajstić information content (AvgIpc) is 2.69. The highest BCUT2D eigenvalue weighted by Crippen LogP contribution is 2.24. The Morgan fingerprint density at radius 2 is 1.95 bits per heavy atom. The first-order chi connectivity index (χ1) is 9.95. The first-order valence-corrected chi connectivity index (χ1v) is 6.51. The molecule has 1 aromatic carbocycles. The van der Waals surface area contributed by atoms with Crippen LogP contribution in [0.15, 0.2) is 30.4 Å². The smallest absolute Gasteiger partial charge is 0.335 e. The second-order valence-electron chi connectivity index (χ2n) is 4.61. The van der Waals surface area contributed by atoms with Crippen LogP contribution < -0.4 is 5.32 Å². The quantitative estimate of drug-likeness (QED) is 0.504. The Bertz CT molecular complexity index is 637. The molecule has 0 fully saturated rings. The van der Waals surface area contributed by atoms with E-state index >= 15 is 0 Å². The zero-order valence-corrected chi connectivity index (χ0v) is 11.9. The number of fused-ring (bicyclic) bond motifs is 1. The number of amides is 2. The molecule has 1 aliphatic rings. The van der Waals surface area contributed by atoms with E-state index in [0.717, 1.165) is 4.90 Å². The van der Waals surface area contributed by atoms with Gasteiger partial charge in [0.1, 0.15) is 0 Å². The number of imide groups is 1. The molecule has 1 N–H and O–H groups in total. The minimum Gasteiger partial charge on any atom is -0.463 e. The van der Waals surface area contributed by atoms with Crippen LogP contribution >= 0.6 is 0 Å². The number of carbonyl (C=O) groups is 3. The first kappa shape index (κ1) is 14.8. The summed E-state index contributed by atoms with van der Waals surface area (Å²) in [5.41, 5.74) is 1.67. The second kappa shape index (κ2) is 5.78. The minimum atomic E-state index is -0.461. The molecule has 0 unspecified atom stereocenters. The number of anilines is 1. The highest BCUT2D eigenvalue weighted by Gasteiger charge is 2.32. The van der Waals surface area contributed by atoms with Gasteiger partial charge in [-0.05, 0) is 25.1 Å². The van der Waals surface area contributed by atoms with Gasteiger partial charge in [-0.3, -0.25) is 14.5 Å². The van der Waals surface area contributed by atoms with E-state index in [1.807, 2.05) is 0 Å². The number of carbonyl (C=O) groups excluding carboxylic acids is 3. The van der Waals surface area contributed by atoms with E-state index in [1.54, 1.807) is 25.1 Å². The normalized spacial score (nSPS) is 13.1. The van der Waals surface area contributed by atoms with Gasteiger partial charge in [0.2, 0.25) is 0 Å². The first-order valence-electron chi connectivity index (χ1n) is 6.51. The van der Waals surface area contributed by atoms with E-state index in [4.69, 9.17) is 4.74 Å². The minimum absolute atomic E-state index is 0.204. The van der Waals surface area contributed by atoms with E-state index < -0.39 is 5.97 Å². The van der Waals surface area contributed by atoms with E-state index in [0.29, 0.717) is 23.4 Å². The van der Waals surface area contributed by atoms with Crippen LogP contribution in [0.4, 0.5) is 5.69 Å². The predicted octanol–water partition coefficient (Wildman–Crippen LogP) is 1.44. The fourth-order valence-corrected chi connectivity index (χ4v) is 1.99. The summed E-state index contributed by atoms with van der Waals surface area (Å²) >= 11 is 0. The van der Waals surface area contributed by atoms with Crippen molar-refractivity contribution in [2.45, 2.75) is 6.92 Å². The van der Waals surface area contributed by atoms with Crippen molar-refractivity contribution in [2.75, 3.05) is 25.5 Å². The maximum Gasteiger partial charge on any atom is 0.335 e. The SMILES string of the molecule is C=C(CNc1ccc2c(c1)C(=O)N(C)C2=O)C(=O)OCC. The molecule has 0 atom stereocenters. The summed E-state index contributed by atoms with van der Waals surface area (Å²) in [5, 5.41) is 2.98. The van der Waals surface area contributed by atoms with Crippen molar-refractivity contribution in [1.82, 2.24) is 4.90 Å². The number of rotatable bonds is 5. The van der Waals surface area contributed by atoms with Crippen LogP contribution in [0, 0.1) is 0 Å². The Kier molecular flexibility index (Phi) is 4.07. The summed E-state index contributed by atoms with van der Waals surface area (Å²) in [4.78, 5) is 36.1. The lowest BCUT2D eigenvalue weighted by atomic mass is 10.1. The van der Waals surface area contributed by atoms with Gasteiger partial charge in [0.05, 0.1) is 17.7 Å². The molecule has 2 amide bonds. The van der Waals surface area contributed by atoms with Crippen LogP contribution in [0.25, 0.3) is 0 Å². The molecular formula is C15H16N2O4. The number of hydrogen-bond acceptors (Lipinski definition) is 5. The summed E-state index contributed by atoms with van der Waals surface area (Å²) in [6, 6.07) is 4.87. The maximum atomic E-state index is 11.9.